The summed E-state index contributed by atoms with van der Waals surface area (Å²) in [6, 6.07) is 0. The predicted octanol–water partition coefficient (Wildman–Crippen LogP) is 3.59. The van der Waals surface area contributed by atoms with E-state index in [0.717, 1.165) is 44.9 Å². The van der Waals surface area contributed by atoms with Crippen LogP contribution in [0.15, 0.2) is 11.6 Å². The van der Waals surface area contributed by atoms with Crippen LogP contribution in [0.2, 0.25) is 0 Å². The van der Waals surface area contributed by atoms with E-state index in [-0.39, 0.29) is 66.4 Å². The third kappa shape index (κ3) is 4.38. The van der Waals surface area contributed by atoms with Crippen molar-refractivity contribution in [3.05, 3.63) is 11.6 Å². The summed E-state index contributed by atoms with van der Waals surface area (Å²) in [6.07, 6.45) is 8.55. The molecule has 6 atom stereocenters. The van der Waals surface area contributed by atoms with Crippen molar-refractivity contribution in [2.24, 2.45) is 28.6 Å². The molecule has 190 valence electrons. The van der Waals surface area contributed by atoms with Gasteiger partial charge < -0.3 is 19.3 Å². The number of hydrogen-bond donors (Lipinski definition) is 1. The SMILES string of the molecule is C[C@]12CC[C@@]3(Cl)[C@@H](CCC4=CC(=O)CC[C@@]43C)[C@@H]1CC[C@@H]2C(=O)COC(=O)COCOCCO. The lowest BCUT2D eigenvalue weighted by molar-refractivity contribution is -0.159. The van der Waals surface area contributed by atoms with Crippen LogP contribution in [0, 0.1) is 28.6 Å². The molecule has 3 fully saturated rings. The fraction of sp³-hybridized carbons (Fsp3) is 0.808. The molecule has 0 amide bonds. The van der Waals surface area contributed by atoms with Crippen LogP contribution in [0.5, 0.6) is 0 Å². The maximum absolute atomic E-state index is 13.1. The van der Waals surface area contributed by atoms with E-state index in [4.69, 9.17) is 30.9 Å². The van der Waals surface area contributed by atoms with Crippen molar-refractivity contribution in [1.82, 2.24) is 0 Å². The summed E-state index contributed by atoms with van der Waals surface area (Å²) in [4.78, 5) is 36.8. The van der Waals surface area contributed by atoms with E-state index in [0.29, 0.717) is 18.3 Å². The predicted molar refractivity (Wildman–Crippen MR) is 125 cm³/mol. The fourth-order valence-corrected chi connectivity index (χ4v) is 8.15. The minimum absolute atomic E-state index is 0.0252. The van der Waals surface area contributed by atoms with Gasteiger partial charge in [-0.25, -0.2) is 4.79 Å². The number of ether oxygens (including phenoxy) is 3. The number of carbonyl (C=O) groups excluding carboxylic acids is 3. The molecule has 1 N–H and O–H groups in total. The molecule has 0 radical (unpaired) electrons. The van der Waals surface area contributed by atoms with Crippen LogP contribution >= 0.6 is 11.6 Å². The number of halogens is 1. The van der Waals surface area contributed by atoms with Gasteiger partial charge in [0, 0.05) is 17.8 Å². The molecule has 0 bridgehead atoms. The van der Waals surface area contributed by atoms with Gasteiger partial charge in [0.25, 0.3) is 0 Å². The van der Waals surface area contributed by atoms with E-state index in [1.165, 1.54) is 5.57 Å². The Hall–Kier alpha value is -1.28. The Labute approximate surface area is 206 Å². The normalized spacial score (nSPS) is 39.0. The molecule has 0 spiro atoms. The maximum Gasteiger partial charge on any atom is 0.332 e. The van der Waals surface area contributed by atoms with E-state index in [9.17, 15) is 14.4 Å². The van der Waals surface area contributed by atoms with Gasteiger partial charge >= 0.3 is 5.97 Å². The van der Waals surface area contributed by atoms with Crippen molar-refractivity contribution < 1.29 is 33.7 Å². The number of aliphatic hydroxyl groups is 1. The van der Waals surface area contributed by atoms with Crippen molar-refractivity contribution in [3.8, 4) is 0 Å². The molecule has 4 rings (SSSR count). The van der Waals surface area contributed by atoms with Crippen LogP contribution in [0.25, 0.3) is 0 Å². The highest BCUT2D eigenvalue weighted by atomic mass is 35.5. The average Bonchev–Trinajstić information content (AvgIpc) is 3.16. The van der Waals surface area contributed by atoms with E-state index in [1.54, 1.807) is 0 Å². The maximum atomic E-state index is 13.1. The third-order valence-corrected chi connectivity index (χ3v) is 10.3. The summed E-state index contributed by atoms with van der Waals surface area (Å²) in [5.74, 6) is 0.120. The minimum atomic E-state index is -0.601. The topological polar surface area (TPSA) is 99.1 Å². The number of fused-ring (bicyclic) bond motifs is 5. The quantitative estimate of drug-likeness (QED) is 0.225. The van der Waals surface area contributed by atoms with Gasteiger partial charge in [0.2, 0.25) is 0 Å². The van der Waals surface area contributed by atoms with Crippen LogP contribution in [-0.4, -0.2) is 60.7 Å². The van der Waals surface area contributed by atoms with Gasteiger partial charge in [-0.1, -0.05) is 19.4 Å². The zero-order chi connectivity index (χ0) is 24.6. The van der Waals surface area contributed by atoms with Gasteiger partial charge in [0.1, 0.15) is 20.0 Å². The number of ketones is 2. The molecule has 0 aromatic heterocycles. The molecule has 3 saturated carbocycles. The highest BCUT2D eigenvalue weighted by Crippen LogP contribution is 2.70. The summed E-state index contributed by atoms with van der Waals surface area (Å²) < 4.78 is 15.1. The lowest BCUT2D eigenvalue weighted by Crippen LogP contribution is -2.60. The number of alkyl halides is 1. The van der Waals surface area contributed by atoms with Gasteiger partial charge in [-0.15, -0.1) is 11.6 Å². The first kappa shape index (κ1) is 25.8. The lowest BCUT2D eigenvalue weighted by Gasteiger charge is -2.62. The number of aliphatic hydroxyl groups excluding tert-OH is 1. The molecule has 0 unspecified atom stereocenters. The fourth-order valence-electron chi connectivity index (χ4n) is 7.58. The second-order valence-electron chi connectivity index (χ2n) is 10.9. The molecule has 0 heterocycles. The first-order valence-electron chi connectivity index (χ1n) is 12.5. The van der Waals surface area contributed by atoms with Gasteiger partial charge in [-0.2, -0.15) is 0 Å². The van der Waals surface area contributed by atoms with Crippen LogP contribution < -0.4 is 0 Å². The Kier molecular flexibility index (Phi) is 7.59. The molecule has 34 heavy (non-hydrogen) atoms. The lowest BCUT2D eigenvalue weighted by atomic mass is 9.46. The van der Waals surface area contributed by atoms with Gasteiger partial charge in [0.15, 0.2) is 11.6 Å². The Morgan fingerprint density at radius 2 is 1.85 bits per heavy atom. The highest BCUT2D eigenvalue weighted by Gasteiger charge is 2.66. The molecule has 4 aliphatic rings. The van der Waals surface area contributed by atoms with Gasteiger partial charge in [-0.3, -0.25) is 9.59 Å². The van der Waals surface area contributed by atoms with Crippen LogP contribution in [0.4, 0.5) is 0 Å². The van der Waals surface area contributed by atoms with E-state index >= 15 is 0 Å². The van der Waals surface area contributed by atoms with Crippen LogP contribution in [0.3, 0.4) is 0 Å². The number of hydrogen-bond acceptors (Lipinski definition) is 7. The summed E-state index contributed by atoms with van der Waals surface area (Å²) in [5.41, 5.74) is 0.911. The molecule has 0 aliphatic heterocycles. The average molecular weight is 497 g/mol. The number of esters is 1. The number of carbonyl (C=O) groups is 3. The number of allylic oxidation sites excluding steroid dienone is 1. The second kappa shape index (κ2) is 10.00. The summed E-state index contributed by atoms with van der Waals surface area (Å²) in [5, 5.41) is 8.65. The molecular formula is C26H37ClO7. The Morgan fingerprint density at radius 1 is 1.06 bits per heavy atom. The molecular weight excluding hydrogens is 460 g/mol. The van der Waals surface area contributed by atoms with E-state index in [2.05, 4.69) is 13.8 Å². The summed E-state index contributed by atoms with van der Waals surface area (Å²) in [6.45, 7) is 3.84. The van der Waals surface area contributed by atoms with E-state index < -0.39 is 5.97 Å². The van der Waals surface area contributed by atoms with Crippen molar-refractivity contribution in [2.45, 2.75) is 70.1 Å². The van der Waals surface area contributed by atoms with Gasteiger partial charge in [-0.05, 0) is 68.3 Å². The van der Waals surface area contributed by atoms with Crippen LogP contribution in [-0.2, 0) is 28.6 Å². The second-order valence-corrected chi connectivity index (χ2v) is 11.6. The number of Topliss-reactive ketones (excluding diaryl/α,β-unsaturated/α-hetero) is 1. The summed E-state index contributed by atoms with van der Waals surface area (Å²) >= 11 is 7.53. The smallest absolute Gasteiger partial charge is 0.332 e. The first-order chi connectivity index (χ1) is 16.2. The molecule has 0 aromatic carbocycles. The van der Waals surface area contributed by atoms with Crippen molar-refractivity contribution in [1.29, 1.82) is 0 Å². The molecule has 4 aliphatic carbocycles. The third-order valence-electron chi connectivity index (χ3n) is 9.45. The first-order valence-corrected chi connectivity index (χ1v) is 12.9. The van der Waals surface area contributed by atoms with E-state index in [1.807, 2.05) is 6.08 Å². The molecule has 7 nitrogen and oxygen atoms in total. The summed E-state index contributed by atoms with van der Waals surface area (Å²) in [7, 11) is 0. The monoisotopic (exact) mass is 496 g/mol. The Bertz CT molecular complexity index is 856. The zero-order valence-electron chi connectivity index (χ0n) is 20.3. The highest BCUT2D eigenvalue weighted by molar-refractivity contribution is 6.25. The molecule has 0 saturated heterocycles. The standard InChI is InChI=1S/C26H37ClO7/c1-24-9-10-26(27)20(4-3-17-13-18(29)7-8-25(17,26)2)19(24)5-6-21(24)22(30)14-34-23(31)15-33-16-32-12-11-28/h13,19-21,28H,3-12,14-16H2,1-2H3/t19-,20-,21+,24-,25-,26+/m0/s1. The molecule has 0 aromatic rings. The van der Waals surface area contributed by atoms with Crippen molar-refractivity contribution in [2.75, 3.05) is 33.2 Å². The van der Waals surface area contributed by atoms with Crippen molar-refractivity contribution >= 4 is 29.1 Å². The van der Waals surface area contributed by atoms with Crippen molar-refractivity contribution in [3.63, 3.8) is 0 Å². The Balaban J connectivity index is 1.38. The largest absolute Gasteiger partial charge is 0.456 e. The Morgan fingerprint density at radius 3 is 2.62 bits per heavy atom. The minimum Gasteiger partial charge on any atom is -0.456 e. The molecule has 8 heteroatoms. The van der Waals surface area contributed by atoms with Gasteiger partial charge in [0.05, 0.1) is 18.1 Å². The zero-order valence-corrected chi connectivity index (χ0v) is 21.0. The van der Waals surface area contributed by atoms with Crippen LogP contribution in [0.1, 0.15) is 65.2 Å². The number of rotatable bonds is 9.